The van der Waals surface area contributed by atoms with E-state index in [1.165, 1.54) is 4.90 Å². The van der Waals surface area contributed by atoms with Gasteiger partial charge in [0.15, 0.2) is 0 Å². The molecule has 2 aliphatic heterocycles. The standard InChI is InChI=1S/C19H24N4O3/c24-17(13-23-18(25)14-5-1-2-6-15(14)19(23)26)22-11-9-21(10-12-22)16-7-3-4-8-20-16/h3-4,7-8,14-15H,1-2,5-6,9-13H2/p+1/t14-,15+. The average molecular weight is 357 g/mol. The number of nitrogens with zero attached hydrogens (tertiary/aromatic N) is 3. The van der Waals surface area contributed by atoms with E-state index >= 15 is 0 Å². The van der Waals surface area contributed by atoms with Crippen molar-refractivity contribution in [3.8, 4) is 0 Å². The smallest absolute Gasteiger partial charge is 0.274 e. The topological polar surface area (TPSA) is 75.1 Å². The van der Waals surface area contributed by atoms with Crippen molar-refractivity contribution in [3.63, 3.8) is 0 Å². The van der Waals surface area contributed by atoms with E-state index in [9.17, 15) is 14.4 Å². The SMILES string of the molecule is O=C(CN1C(=O)[C@H]2CCCC[C@H]2C1=O)N1CCN(c2cccc[nH+]2)CC1. The lowest BCUT2D eigenvalue weighted by atomic mass is 9.81. The van der Waals surface area contributed by atoms with Gasteiger partial charge in [-0.25, -0.2) is 4.98 Å². The maximum absolute atomic E-state index is 12.6. The first-order valence-corrected chi connectivity index (χ1v) is 9.50. The van der Waals surface area contributed by atoms with Gasteiger partial charge in [0.05, 0.1) is 31.1 Å². The van der Waals surface area contributed by atoms with Crippen LogP contribution in [0.4, 0.5) is 5.82 Å². The second-order valence-corrected chi connectivity index (χ2v) is 7.38. The summed E-state index contributed by atoms with van der Waals surface area (Å²) >= 11 is 0. The van der Waals surface area contributed by atoms with Crippen LogP contribution in [0.5, 0.6) is 0 Å². The van der Waals surface area contributed by atoms with Crippen LogP contribution in [0.15, 0.2) is 24.4 Å². The van der Waals surface area contributed by atoms with E-state index in [0.29, 0.717) is 13.1 Å². The van der Waals surface area contributed by atoms with Crippen LogP contribution in [0.25, 0.3) is 0 Å². The Labute approximate surface area is 153 Å². The molecule has 7 nitrogen and oxygen atoms in total. The number of nitrogens with one attached hydrogen (secondary N) is 1. The summed E-state index contributed by atoms with van der Waals surface area (Å²) < 4.78 is 0. The molecule has 1 aromatic rings. The van der Waals surface area contributed by atoms with Crippen LogP contribution in [0.3, 0.4) is 0 Å². The second kappa shape index (κ2) is 7.05. The number of likely N-dealkylation sites (tertiary alicyclic amines) is 1. The first-order chi connectivity index (χ1) is 12.6. The minimum Gasteiger partial charge on any atom is -0.333 e. The highest BCUT2D eigenvalue weighted by Crippen LogP contribution is 2.37. The molecule has 2 atom stereocenters. The number of rotatable bonds is 3. The number of fused-ring (bicyclic) bond motifs is 1. The lowest BCUT2D eigenvalue weighted by Gasteiger charge is -2.31. The van der Waals surface area contributed by atoms with Gasteiger partial charge in [-0.05, 0) is 18.9 Å². The molecule has 0 bridgehead atoms. The van der Waals surface area contributed by atoms with Crippen molar-refractivity contribution in [2.75, 3.05) is 37.6 Å². The molecular formula is C19H25N4O3+. The minimum atomic E-state index is -0.186. The maximum Gasteiger partial charge on any atom is 0.274 e. The fraction of sp³-hybridized carbons (Fsp3) is 0.579. The highest BCUT2D eigenvalue weighted by Gasteiger charge is 2.48. The van der Waals surface area contributed by atoms with E-state index in [0.717, 1.165) is 44.6 Å². The number of anilines is 1. The number of aromatic amines is 1. The van der Waals surface area contributed by atoms with Gasteiger partial charge in [-0.3, -0.25) is 24.2 Å². The van der Waals surface area contributed by atoms with E-state index < -0.39 is 0 Å². The van der Waals surface area contributed by atoms with Crippen molar-refractivity contribution in [2.24, 2.45) is 11.8 Å². The summed E-state index contributed by atoms with van der Waals surface area (Å²) in [5.41, 5.74) is 0. The fourth-order valence-electron chi connectivity index (χ4n) is 4.40. The summed E-state index contributed by atoms with van der Waals surface area (Å²) in [6.07, 6.45) is 5.45. The van der Waals surface area contributed by atoms with E-state index in [2.05, 4.69) is 9.88 Å². The Morgan fingerprint density at radius 1 is 1.00 bits per heavy atom. The molecule has 1 saturated carbocycles. The Morgan fingerprint density at radius 3 is 2.23 bits per heavy atom. The van der Waals surface area contributed by atoms with E-state index in [1.807, 2.05) is 24.4 Å². The number of H-pyrrole nitrogens is 1. The molecule has 0 radical (unpaired) electrons. The van der Waals surface area contributed by atoms with Crippen LogP contribution < -0.4 is 9.88 Å². The zero-order valence-corrected chi connectivity index (χ0v) is 14.9. The molecule has 1 aromatic heterocycles. The van der Waals surface area contributed by atoms with Gasteiger partial charge in [-0.15, -0.1) is 0 Å². The number of imide groups is 1. The Kier molecular flexibility index (Phi) is 4.61. The van der Waals surface area contributed by atoms with Gasteiger partial charge >= 0.3 is 0 Å². The van der Waals surface area contributed by atoms with Crippen LogP contribution in [0.1, 0.15) is 25.7 Å². The third-order valence-corrected chi connectivity index (χ3v) is 5.89. The molecule has 3 heterocycles. The summed E-state index contributed by atoms with van der Waals surface area (Å²) in [5, 5.41) is 0. The molecule has 0 aromatic carbocycles. The Hall–Kier alpha value is -2.44. The maximum atomic E-state index is 12.6. The van der Waals surface area contributed by atoms with Gasteiger partial charge < -0.3 is 4.90 Å². The third-order valence-electron chi connectivity index (χ3n) is 5.89. The van der Waals surface area contributed by atoms with Crippen molar-refractivity contribution in [2.45, 2.75) is 25.7 Å². The molecule has 0 unspecified atom stereocenters. The number of amides is 3. The number of hydrogen-bond donors (Lipinski definition) is 0. The van der Waals surface area contributed by atoms with E-state index in [4.69, 9.17) is 0 Å². The van der Waals surface area contributed by atoms with Crippen molar-refractivity contribution >= 4 is 23.5 Å². The first-order valence-electron chi connectivity index (χ1n) is 9.50. The van der Waals surface area contributed by atoms with Gasteiger partial charge in [0.2, 0.25) is 17.7 Å². The van der Waals surface area contributed by atoms with Gasteiger partial charge in [-0.2, -0.15) is 0 Å². The van der Waals surface area contributed by atoms with Gasteiger partial charge in [0.25, 0.3) is 5.82 Å². The van der Waals surface area contributed by atoms with E-state index in [1.54, 1.807) is 4.90 Å². The largest absolute Gasteiger partial charge is 0.333 e. The summed E-state index contributed by atoms with van der Waals surface area (Å²) in [4.78, 5) is 46.1. The molecule has 3 amide bonds. The lowest BCUT2D eigenvalue weighted by Crippen LogP contribution is -2.52. The van der Waals surface area contributed by atoms with Crippen LogP contribution >= 0.6 is 0 Å². The summed E-state index contributed by atoms with van der Waals surface area (Å²) in [6.45, 7) is 2.58. The monoisotopic (exact) mass is 357 g/mol. The zero-order valence-electron chi connectivity index (χ0n) is 14.9. The molecule has 0 spiro atoms. The average Bonchev–Trinajstić information content (AvgIpc) is 2.94. The number of carbonyl (C=O) groups is 3. The number of hydrogen-bond acceptors (Lipinski definition) is 4. The zero-order chi connectivity index (χ0) is 18.1. The van der Waals surface area contributed by atoms with Crippen LogP contribution in [0, 0.1) is 11.8 Å². The van der Waals surface area contributed by atoms with Crippen molar-refractivity contribution in [1.29, 1.82) is 0 Å². The molecule has 138 valence electrons. The second-order valence-electron chi connectivity index (χ2n) is 7.38. The molecule has 1 aliphatic carbocycles. The molecular weight excluding hydrogens is 332 g/mol. The van der Waals surface area contributed by atoms with Gasteiger partial charge in [-0.1, -0.05) is 18.9 Å². The van der Waals surface area contributed by atoms with Gasteiger partial charge in [0, 0.05) is 6.07 Å². The Bertz CT molecular complexity index is 676. The summed E-state index contributed by atoms with van der Waals surface area (Å²) in [6, 6.07) is 5.93. The number of aromatic nitrogens is 1. The highest BCUT2D eigenvalue weighted by molar-refractivity contribution is 6.07. The Balaban J connectivity index is 1.34. The summed E-state index contributed by atoms with van der Waals surface area (Å²) in [7, 11) is 0. The Morgan fingerprint density at radius 2 is 1.65 bits per heavy atom. The predicted molar refractivity (Wildman–Crippen MR) is 94.0 cm³/mol. The quantitative estimate of drug-likeness (QED) is 0.731. The molecule has 1 N–H and O–H groups in total. The molecule has 7 heteroatoms. The van der Waals surface area contributed by atoms with Crippen molar-refractivity contribution in [1.82, 2.24) is 9.80 Å². The van der Waals surface area contributed by atoms with Crippen LogP contribution in [0.2, 0.25) is 0 Å². The van der Waals surface area contributed by atoms with Crippen molar-refractivity contribution < 1.29 is 19.4 Å². The first kappa shape index (κ1) is 17.0. The molecule has 4 rings (SSSR count). The molecule has 3 aliphatic rings. The molecule has 2 saturated heterocycles. The lowest BCUT2D eigenvalue weighted by molar-refractivity contribution is -0.364. The number of pyridine rings is 1. The summed E-state index contributed by atoms with van der Waals surface area (Å²) in [5.74, 6) is 0.274. The van der Waals surface area contributed by atoms with Crippen molar-refractivity contribution in [3.05, 3.63) is 24.4 Å². The minimum absolute atomic E-state index is 0.0951. The molecule has 3 fully saturated rings. The fourth-order valence-corrected chi connectivity index (χ4v) is 4.40. The normalized spacial score (nSPS) is 26.2. The third kappa shape index (κ3) is 3.06. The predicted octanol–water partition coefficient (Wildman–Crippen LogP) is 0.325. The number of piperazine rings is 1. The van der Waals surface area contributed by atoms with Crippen LogP contribution in [-0.4, -0.2) is 60.2 Å². The van der Waals surface area contributed by atoms with Gasteiger partial charge in [0.1, 0.15) is 19.6 Å². The highest BCUT2D eigenvalue weighted by atomic mass is 16.2. The number of carbonyl (C=O) groups excluding carboxylic acids is 3. The van der Waals surface area contributed by atoms with E-state index in [-0.39, 0.29) is 36.1 Å². The molecule has 26 heavy (non-hydrogen) atoms. The van der Waals surface area contributed by atoms with Crippen LogP contribution in [-0.2, 0) is 14.4 Å².